The van der Waals surface area contributed by atoms with Crippen molar-refractivity contribution in [2.45, 2.75) is 4.90 Å². The van der Waals surface area contributed by atoms with Crippen LogP contribution in [0.4, 0.5) is 5.13 Å². The molecule has 0 aliphatic heterocycles. The molecule has 2 rings (SSSR count). The molecule has 2 aromatic rings. The highest BCUT2D eigenvalue weighted by Crippen LogP contribution is 2.23. The monoisotopic (exact) mass is 301 g/mol. The standard InChI is InChI=1S/C9H7N3O5S2/c13-7-2-1-5(3-6(7)8(14)15)19(16,17)12-9-11-10-4-18-9/h1-4,13H,(H,11,12)(H,14,15). The fourth-order valence-electron chi connectivity index (χ4n) is 1.25. The van der Waals surface area contributed by atoms with Crippen molar-refractivity contribution < 1.29 is 23.4 Å². The first-order valence-corrected chi connectivity index (χ1v) is 7.12. The van der Waals surface area contributed by atoms with Crippen LogP contribution in [0.1, 0.15) is 10.4 Å². The van der Waals surface area contributed by atoms with Gasteiger partial charge >= 0.3 is 5.97 Å². The number of anilines is 1. The third kappa shape index (κ3) is 2.80. The van der Waals surface area contributed by atoms with Crippen molar-refractivity contribution in [1.82, 2.24) is 10.2 Å². The van der Waals surface area contributed by atoms with Gasteiger partial charge in [0.15, 0.2) is 0 Å². The van der Waals surface area contributed by atoms with Gasteiger partial charge in [-0.1, -0.05) is 11.3 Å². The quantitative estimate of drug-likeness (QED) is 0.759. The number of sulfonamides is 1. The van der Waals surface area contributed by atoms with Gasteiger partial charge in [-0.2, -0.15) is 0 Å². The van der Waals surface area contributed by atoms with Crippen molar-refractivity contribution in [3.63, 3.8) is 0 Å². The van der Waals surface area contributed by atoms with Crippen LogP contribution < -0.4 is 4.72 Å². The van der Waals surface area contributed by atoms with Crippen molar-refractivity contribution in [3.05, 3.63) is 29.3 Å². The summed E-state index contributed by atoms with van der Waals surface area (Å²) in [6.07, 6.45) is 0. The predicted molar refractivity (Wildman–Crippen MR) is 65.8 cm³/mol. The van der Waals surface area contributed by atoms with Crippen LogP contribution in [0, 0.1) is 0 Å². The van der Waals surface area contributed by atoms with Crippen molar-refractivity contribution >= 4 is 32.5 Å². The van der Waals surface area contributed by atoms with Crippen LogP contribution in [0.3, 0.4) is 0 Å². The van der Waals surface area contributed by atoms with E-state index < -0.39 is 27.3 Å². The Morgan fingerprint density at radius 2 is 2.11 bits per heavy atom. The van der Waals surface area contributed by atoms with Crippen LogP contribution >= 0.6 is 11.3 Å². The van der Waals surface area contributed by atoms with Gasteiger partial charge in [-0.3, -0.25) is 4.72 Å². The molecule has 0 unspecified atom stereocenters. The maximum Gasteiger partial charge on any atom is 0.339 e. The summed E-state index contributed by atoms with van der Waals surface area (Å²) in [7, 11) is -3.97. The molecule has 0 bridgehead atoms. The number of carboxylic acids is 1. The van der Waals surface area contributed by atoms with Gasteiger partial charge in [0, 0.05) is 0 Å². The van der Waals surface area contributed by atoms with Crippen molar-refractivity contribution in [2.75, 3.05) is 4.72 Å². The van der Waals surface area contributed by atoms with E-state index in [0.717, 1.165) is 29.5 Å². The number of aromatic carboxylic acids is 1. The Morgan fingerprint density at radius 3 is 2.68 bits per heavy atom. The number of carboxylic acid groups (broad SMARTS) is 1. The lowest BCUT2D eigenvalue weighted by Crippen LogP contribution is -2.13. The highest BCUT2D eigenvalue weighted by atomic mass is 32.2. The number of phenols is 1. The second-order valence-corrected chi connectivity index (χ2v) is 5.85. The van der Waals surface area contributed by atoms with E-state index in [0.29, 0.717) is 0 Å². The number of aromatic hydroxyl groups is 1. The molecule has 0 saturated carbocycles. The SMILES string of the molecule is O=C(O)c1cc(S(=O)(=O)Nc2nncs2)ccc1O. The highest BCUT2D eigenvalue weighted by Gasteiger charge is 2.19. The third-order valence-corrected chi connectivity index (χ3v) is 4.16. The molecule has 0 amide bonds. The largest absolute Gasteiger partial charge is 0.507 e. The molecule has 3 N–H and O–H groups in total. The Kier molecular flexibility index (Phi) is 3.36. The number of nitrogens with one attached hydrogen (secondary N) is 1. The molecular formula is C9H7N3O5S2. The average molecular weight is 301 g/mol. The fraction of sp³-hybridized carbons (Fsp3) is 0. The fourth-order valence-corrected chi connectivity index (χ4v) is 2.96. The minimum Gasteiger partial charge on any atom is -0.507 e. The van der Waals surface area contributed by atoms with E-state index in [1.165, 1.54) is 5.51 Å². The van der Waals surface area contributed by atoms with E-state index in [2.05, 4.69) is 14.9 Å². The molecule has 1 aromatic heterocycles. The summed E-state index contributed by atoms with van der Waals surface area (Å²) in [4.78, 5) is 10.5. The van der Waals surface area contributed by atoms with Gasteiger partial charge in [0.25, 0.3) is 10.0 Å². The first-order valence-electron chi connectivity index (χ1n) is 4.75. The van der Waals surface area contributed by atoms with Crippen molar-refractivity contribution in [3.8, 4) is 5.75 Å². The van der Waals surface area contributed by atoms with E-state index in [-0.39, 0.29) is 10.0 Å². The first kappa shape index (κ1) is 13.2. The molecule has 0 aliphatic carbocycles. The van der Waals surface area contributed by atoms with E-state index in [4.69, 9.17) is 5.11 Å². The second-order valence-electron chi connectivity index (χ2n) is 3.33. The van der Waals surface area contributed by atoms with E-state index in [9.17, 15) is 18.3 Å². The van der Waals surface area contributed by atoms with Gasteiger partial charge in [0.1, 0.15) is 16.8 Å². The Labute approximate surface area is 111 Å². The summed E-state index contributed by atoms with van der Waals surface area (Å²) >= 11 is 0.980. The summed E-state index contributed by atoms with van der Waals surface area (Å²) in [6.45, 7) is 0. The second kappa shape index (κ2) is 4.82. The molecule has 10 heteroatoms. The van der Waals surface area contributed by atoms with Crippen LogP contribution in [0.5, 0.6) is 5.75 Å². The number of rotatable bonds is 4. The zero-order valence-electron chi connectivity index (χ0n) is 9.14. The van der Waals surface area contributed by atoms with Crippen LogP contribution in [0.15, 0.2) is 28.6 Å². The Hall–Kier alpha value is -2.20. The zero-order valence-corrected chi connectivity index (χ0v) is 10.8. The predicted octanol–water partition coefficient (Wildman–Crippen LogP) is 0.743. The van der Waals surface area contributed by atoms with Crippen LogP contribution in [0.25, 0.3) is 0 Å². The van der Waals surface area contributed by atoms with E-state index in [1.807, 2.05) is 0 Å². The van der Waals surface area contributed by atoms with Gasteiger partial charge in [-0.15, -0.1) is 10.2 Å². The summed E-state index contributed by atoms with van der Waals surface area (Å²) in [5.41, 5.74) is 0.845. The van der Waals surface area contributed by atoms with Gasteiger partial charge in [0.2, 0.25) is 5.13 Å². The number of nitrogens with zero attached hydrogens (tertiary/aromatic N) is 2. The maximum absolute atomic E-state index is 11.9. The van der Waals surface area contributed by atoms with Gasteiger partial charge < -0.3 is 10.2 Å². The molecule has 0 aliphatic rings. The third-order valence-electron chi connectivity index (χ3n) is 2.09. The Balaban J connectivity index is 2.41. The molecule has 8 nitrogen and oxygen atoms in total. The van der Waals surface area contributed by atoms with E-state index >= 15 is 0 Å². The Morgan fingerprint density at radius 1 is 1.37 bits per heavy atom. The smallest absolute Gasteiger partial charge is 0.339 e. The summed E-state index contributed by atoms with van der Waals surface area (Å²) in [5.74, 6) is -1.94. The molecule has 1 aromatic carbocycles. The van der Waals surface area contributed by atoms with Gasteiger partial charge in [-0.05, 0) is 18.2 Å². The summed E-state index contributed by atoms with van der Waals surface area (Å²) in [6, 6.07) is 2.95. The number of aromatic nitrogens is 2. The van der Waals surface area contributed by atoms with Crippen molar-refractivity contribution in [2.24, 2.45) is 0 Å². The maximum atomic E-state index is 11.9. The minimum absolute atomic E-state index is 0.0601. The summed E-state index contributed by atoms with van der Waals surface area (Å²) < 4.78 is 26.0. The molecular weight excluding hydrogens is 294 g/mol. The van der Waals surface area contributed by atoms with Gasteiger partial charge in [0.05, 0.1) is 4.90 Å². The van der Waals surface area contributed by atoms with Gasteiger partial charge in [-0.25, -0.2) is 13.2 Å². The summed E-state index contributed by atoms with van der Waals surface area (Å²) in [5, 5.41) is 25.2. The van der Waals surface area contributed by atoms with Crippen LogP contribution in [-0.2, 0) is 10.0 Å². The number of carbonyl (C=O) groups is 1. The molecule has 19 heavy (non-hydrogen) atoms. The number of hydrogen-bond acceptors (Lipinski definition) is 7. The van der Waals surface area contributed by atoms with Crippen LogP contribution in [-0.4, -0.2) is 34.8 Å². The normalized spacial score (nSPS) is 11.2. The highest BCUT2D eigenvalue weighted by molar-refractivity contribution is 7.93. The first-order chi connectivity index (χ1) is 8.90. The average Bonchev–Trinajstić information content (AvgIpc) is 2.80. The minimum atomic E-state index is -3.97. The number of hydrogen-bond donors (Lipinski definition) is 3. The zero-order chi connectivity index (χ0) is 14.0. The molecule has 0 saturated heterocycles. The molecule has 1 heterocycles. The molecule has 0 spiro atoms. The van der Waals surface area contributed by atoms with Crippen molar-refractivity contribution in [1.29, 1.82) is 0 Å². The molecule has 0 fully saturated rings. The molecule has 100 valence electrons. The number of benzene rings is 1. The van der Waals surface area contributed by atoms with Crippen LogP contribution in [0.2, 0.25) is 0 Å². The lowest BCUT2D eigenvalue weighted by molar-refractivity contribution is 0.0693. The Bertz CT molecular complexity index is 711. The lowest BCUT2D eigenvalue weighted by Gasteiger charge is -2.06. The molecule has 0 atom stereocenters. The lowest BCUT2D eigenvalue weighted by atomic mass is 10.2. The molecule has 0 radical (unpaired) electrons. The topological polar surface area (TPSA) is 129 Å². The van der Waals surface area contributed by atoms with E-state index in [1.54, 1.807) is 0 Å².